The van der Waals surface area contributed by atoms with E-state index in [1.54, 1.807) is 40.1 Å². The van der Waals surface area contributed by atoms with Crippen LogP contribution in [0, 0.1) is 22.5 Å². The van der Waals surface area contributed by atoms with E-state index in [0.717, 1.165) is 44.8 Å². The van der Waals surface area contributed by atoms with Crippen molar-refractivity contribution >= 4 is 46.8 Å². The monoisotopic (exact) mass is 933 g/mol. The lowest BCUT2D eigenvalue weighted by molar-refractivity contribution is -0.125. The van der Waals surface area contributed by atoms with Gasteiger partial charge in [0, 0.05) is 59.8 Å². The Kier molecular flexibility index (Phi) is 15.9. The third-order valence-corrected chi connectivity index (χ3v) is 12.3. The number of hydrogen-bond donors (Lipinski definition) is 2. The number of benzene rings is 4. The second-order valence-corrected chi connectivity index (χ2v) is 19.3. The van der Waals surface area contributed by atoms with Crippen molar-refractivity contribution in [3.8, 4) is 0 Å². The fraction of sp³-hybridized carbons (Fsp3) is 0.407. The molecule has 0 radical (unpaired) electrons. The highest BCUT2D eigenvalue weighted by molar-refractivity contribution is 6.16. The molecule has 14 heteroatoms. The maximum Gasteiger partial charge on any atom is 0.410 e. The average molecular weight is 933 g/mol. The molecule has 2 saturated heterocycles. The van der Waals surface area contributed by atoms with Crippen LogP contribution in [-0.2, 0) is 32.2 Å². The Labute approximate surface area is 399 Å². The van der Waals surface area contributed by atoms with E-state index >= 15 is 0 Å². The molecule has 0 saturated carbocycles. The van der Waals surface area contributed by atoms with Gasteiger partial charge >= 0.3 is 12.2 Å². The molecule has 2 N–H and O–H groups in total. The molecule has 4 aromatic carbocycles. The first kappa shape index (κ1) is 52.3. The molecule has 4 aromatic rings. The molecule has 4 amide bonds. The molecule has 2 atom stereocenters. The number of rotatable bonds is 8. The Morgan fingerprint density at radius 2 is 1.09 bits per heavy atom. The van der Waals surface area contributed by atoms with E-state index < -0.39 is 28.1 Å². The summed E-state index contributed by atoms with van der Waals surface area (Å²) in [5.74, 6) is -0.915. The van der Waals surface area contributed by atoms with Gasteiger partial charge in [-0.3, -0.25) is 19.6 Å². The van der Waals surface area contributed by atoms with E-state index in [1.807, 2.05) is 84.9 Å². The highest BCUT2D eigenvalue weighted by Crippen LogP contribution is 2.38. The van der Waals surface area contributed by atoms with Gasteiger partial charge in [0.25, 0.3) is 0 Å². The third kappa shape index (κ3) is 11.7. The van der Waals surface area contributed by atoms with Gasteiger partial charge in [0.2, 0.25) is 11.8 Å². The van der Waals surface area contributed by atoms with Crippen molar-refractivity contribution in [3.05, 3.63) is 143 Å². The van der Waals surface area contributed by atoms with Crippen molar-refractivity contribution in [1.29, 1.82) is 0 Å². The molecule has 4 aliphatic rings. The molecule has 2 fully saturated rings. The summed E-state index contributed by atoms with van der Waals surface area (Å²) in [7, 11) is 0. The Balaban J connectivity index is 0.000000247. The number of aliphatic imine (C=N–C) groups is 2. The van der Waals surface area contributed by atoms with Crippen LogP contribution in [0.4, 0.5) is 29.7 Å². The van der Waals surface area contributed by atoms with Crippen LogP contribution in [0.2, 0.25) is 0 Å². The molecule has 0 aromatic heterocycles. The fourth-order valence-electron chi connectivity index (χ4n) is 8.50. The van der Waals surface area contributed by atoms with Gasteiger partial charge in [-0.2, -0.15) is 0 Å². The number of nitrogens with one attached hydrogen (secondary N) is 2. The molecule has 12 nitrogen and oxygen atoms in total. The Morgan fingerprint density at radius 1 is 0.662 bits per heavy atom. The third-order valence-electron chi connectivity index (χ3n) is 12.3. The molecular weight excluding hydrogens is 867 g/mol. The predicted octanol–water partition coefficient (Wildman–Crippen LogP) is 11.4. The number of amides is 4. The molecule has 2 unspecified atom stereocenters. The molecular formula is C54H66F2N6O6. The van der Waals surface area contributed by atoms with Crippen molar-refractivity contribution in [2.75, 3.05) is 36.8 Å². The summed E-state index contributed by atoms with van der Waals surface area (Å²) in [6, 6.07) is 23.9. The fourth-order valence-corrected chi connectivity index (χ4v) is 8.50. The van der Waals surface area contributed by atoms with Crippen molar-refractivity contribution in [3.63, 3.8) is 0 Å². The largest absolute Gasteiger partial charge is 0.444 e. The molecule has 4 aliphatic heterocycles. The van der Waals surface area contributed by atoms with Gasteiger partial charge in [0.15, 0.2) is 0 Å². The minimum absolute atomic E-state index is 0. The minimum atomic E-state index is -0.899. The lowest BCUT2D eigenvalue weighted by Crippen LogP contribution is -2.41. The normalized spacial score (nSPS) is 19.1. The van der Waals surface area contributed by atoms with Gasteiger partial charge in [-0.25, -0.2) is 18.4 Å². The summed E-state index contributed by atoms with van der Waals surface area (Å²) in [5.41, 5.74) is 5.76. The van der Waals surface area contributed by atoms with Crippen molar-refractivity contribution < 1.29 is 37.4 Å². The van der Waals surface area contributed by atoms with Crippen LogP contribution in [0.25, 0.3) is 0 Å². The SMILES string of the molecule is C.C.C=CC1(C(=O)Nc2ccc3c(c2)C(c2ccc(F)cc2)=NC3)CCN(C(=O)OC(C)(C)C)C1.CCC1(C(=O)Nc2ccc3c(c2)C(c2ccc(F)cc2)=NC3)CCN(C(=O)OC(C)(C)C)C1. The van der Waals surface area contributed by atoms with Crippen molar-refractivity contribution in [2.45, 2.75) is 107 Å². The summed E-state index contributed by atoms with van der Waals surface area (Å²) >= 11 is 0. The van der Waals surface area contributed by atoms with Crippen LogP contribution < -0.4 is 10.6 Å². The lowest BCUT2D eigenvalue weighted by Gasteiger charge is -2.28. The van der Waals surface area contributed by atoms with E-state index in [9.17, 15) is 28.0 Å². The van der Waals surface area contributed by atoms with E-state index in [-0.39, 0.29) is 50.9 Å². The number of nitrogens with zero attached hydrogens (tertiary/aromatic N) is 4. The average Bonchev–Trinajstić information content (AvgIpc) is 4.09. The van der Waals surface area contributed by atoms with Crippen LogP contribution in [0.15, 0.2) is 108 Å². The number of hydrogen-bond acceptors (Lipinski definition) is 8. The number of carbonyl (C=O) groups excluding carboxylic acids is 4. The zero-order valence-electron chi connectivity index (χ0n) is 38.7. The van der Waals surface area contributed by atoms with E-state index in [4.69, 9.17) is 9.47 Å². The van der Waals surface area contributed by atoms with E-state index in [2.05, 4.69) is 27.2 Å². The molecule has 0 bridgehead atoms. The number of likely N-dealkylation sites (tertiary alicyclic amines) is 2. The van der Waals surface area contributed by atoms with Gasteiger partial charge < -0.3 is 29.9 Å². The van der Waals surface area contributed by atoms with Crippen molar-refractivity contribution in [1.82, 2.24) is 9.80 Å². The summed E-state index contributed by atoms with van der Waals surface area (Å²) in [6.45, 7) is 19.3. The summed E-state index contributed by atoms with van der Waals surface area (Å²) in [6.07, 6.45) is 2.47. The van der Waals surface area contributed by atoms with E-state index in [0.29, 0.717) is 63.4 Å². The molecule has 4 heterocycles. The van der Waals surface area contributed by atoms with E-state index in [1.165, 1.54) is 24.3 Å². The van der Waals surface area contributed by atoms with Gasteiger partial charge in [-0.15, -0.1) is 6.58 Å². The highest BCUT2D eigenvalue weighted by atomic mass is 19.1. The molecule has 68 heavy (non-hydrogen) atoms. The highest BCUT2D eigenvalue weighted by Gasteiger charge is 2.46. The first-order valence-corrected chi connectivity index (χ1v) is 22.3. The van der Waals surface area contributed by atoms with Crippen LogP contribution in [0.1, 0.15) is 116 Å². The first-order valence-electron chi connectivity index (χ1n) is 22.3. The number of ether oxygens (including phenoxy) is 2. The smallest absolute Gasteiger partial charge is 0.410 e. The van der Waals surface area contributed by atoms with Crippen LogP contribution in [0.3, 0.4) is 0 Å². The zero-order chi connectivity index (χ0) is 47.6. The second kappa shape index (κ2) is 20.7. The van der Waals surface area contributed by atoms with Crippen molar-refractivity contribution in [2.24, 2.45) is 20.8 Å². The van der Waals surface area contributed by atoms with Crippen LogP contribution in [-0.4, -0.2) is 82.6 Å². The predicted molar refractivity (Wildman–Crippen MR) is 265 cm³/mol. The first-order chi connectivity index (χ1) is 31.2. The minimum Gasteiger partial charge on any atom is -0.444 e. The van der Waals surface area contributed by atoms with Gasteiger partial charge in [-0.1, -0.05) is 40.0 Å². The Hall–Kier alpha value is -6.70. The topological polar surface area (TPSA) is 142 Å². The quantitative estimate of drug-likeness (QED) is 0.169. The Bertz CT molecular complexity index is 2600. The molecule has 0 spiro atoms. The van der Waals surface area contributed by atoms with Crippen LogP contribution >= 0.6 is 0 Å². The van der Waals surface area contributed by atoms with Crippen LogP contribution in [0.5, 0.6) is 0 Å². The van der Waals surface area contributed by atoms with Gasteiger partial charge in [0.05, 0.1) is 35.3 Å². The summed E-state index contributed by atoms with van der Waals surface area (Å²) < 4.78 is 37.6. The summed E-state index contributed by atoms with van der Waals surface area (Å²) in [5, 5.41) is 6.05. The Morgan fingerprint density at radius 3 is 1.51 bits per heavy atom. The summed E-state index contributed by atoms with van der Waals surface area (Å²) in [4.78, 5) is 64.0. The molecule has 8 rings (SSSR count). The van der Waals surface area contributed by atoms with Gasteiger partial charge in [-0.05, 0) is 145 Å². The number of anilines is 2. The molecule has 362 valence electrons. The zero-order valence-corrected chi connectivity index (χ0v) is 38.7. The standard InChI is InChI=1S/C26H30FN3O3.C26H28FN3O3.2CH4/c2*1-5-26(12-13-30(16-26)24(32)33-25(2,3)4)23(31)29-20-11-8-18-15-28-22(21(18)14-20)17-6-9-19(27)10-7-17;;/h6-11,14H,5,12-13,15-16H2,1-4H3,(H,29,31);5-11,14H,1,12-13,15-16H2,2-4H3,(H,29,31);2*1H4. The second-order valence-electron chi connectivity index (χ2n) is 19.3. The maximum absolute atomic E-state index is 13.3. The lowest BCUT2D eigenvalue weighted by atomic mass is 9.83. The number of halogens is 2. The number of carbonyl (C=O) groups is 4. The van der Waals surface area contributed by atoms with Gasteiger partial charge in [0.1, 0.15) is 22.8 Å². The maximum atomic E-state index is 13.3. The number of fused-ring (bicyclic) bond motifs is 2. The molecule has 0 aliphatic carbocycles.